The molecular weight excluding hydrogens is 506 g/mol. The Hall–Kier alpha value is -2.90. The summed E-state index contributed by atoms with van der Waals surface area (Å²) in [4.78, 5) is 12.4. The summed E-state index contributed by atoms with van der Waals surface area (Å²) in [5, 5.41) is 12.4. The van der Waals surface area contributed by atoms with Gasteiger partial charge in [0, 0.05) is 21.3 Å². The molecule has 0 unspecified atom stereocenters. The third-order valence-corrected chi connectivity index (χ3v) is 6.14. The van der Waals surface area contributed by atoms with E-state index in [2.05, 4.69) is 26.0 Å². The van der Waals surface area contributed by atoms with Gasteiger partial charge in [0.05, 0.1) is 11.4 Å². The highest BCUT2D eigenvalue weighted by Gasteiger charge is 2.15. The van der Waals surface area contributed by atoms with Crippen molar-refractivity contribution >= 4 is 55.2 Å². The van der Waals surface area contributed by atoms with Crippen LogP contribution in [0.3, 0.4) is 0 Å². The monoisotopic (exact) mass is 519 g/mol. The fraction of sp³-hybridized carbons (Fsp3) is 0.0476. The van der Waals surface area contributed by atoms with Crippen molar-refractivity contribution in [2.45, 2.75) is 11.4 Å². The SMILES string of the molecule is N#C/C(=C/c1ccc(CNS(=O)(=O)c2ccc(Cl)cc2)o1)C(=O)Nc1cccc(Br)c1. The smallest absolute Gasteiger partial charge is 0.266 e. The molecule has 10 heteroatoms. The van der Waals surface area contributed by atoms with Crippen LogP contribution < -0.4 is 10.0 Å². The lowest BCUT2D eigenvalue weighted by atomic mass is 10.2. The number of amides is 1. The number of sulfonamides is 1. The first-order valence-electron chi connectivity index (χ1n) is 8.79. The lowest BCUT2D eigenvalue weighted by molar-refractivity contribution is -0.112. The number of nitrogens with one attached hydrogen (secondary N) is 2. The molecule has 0 radical (unpaired) electrons. The van der Waals surface area contributed by atoms with Crippen LogP contribution in [0.15, 0.2) is 80.0 Å². The van der Waals surface area contributed by atoms with Crippen LogP contribution >= 0.6 is 27.5 Å². The third kappa shape index (κ3) is 6.29. The van der Waals surface area contributed by atoms with Crippen molar-refractivity contribution in [2.75, 3.05) is 5.32 Å². The molecule has 158 valence electrons. The molecule has 2 N–H and O–H groups in total. The zero-order valence-electron chi connectivity index (χ0n) is 15.8. The molecule has 1 amide bonds. The molecule has 0 saturated heterocycles. The van der Waals surface area contributed by atoms with Crippen LogP contribution in [0.25, 0.3) is 6.08 Å². The predicted octanol–water partition coefficient (Wildman–Crippen LogP) is 4.72. The van der Waals surface area contributed by atoms with Gasteiger partial charge in [-0.15, -0.1) is 0 Å². The van der Waals surface area contributed by atoms with Gasteiger partial charge in [-0.25, -0.2) is 13.1 Å². The summed E-state index contributed by atoms with van der Waals surface area (Å²) in [6.45, 7) is -0.106. The Morgan fingerprint density at radius 3 is 2.58 bits per heavy atom. The lowest BCUT2D eigenvalue weighted by Crippen LogP contribution is -2.22. The van der Waals surface area contributed by atoms with Crippen LogP contribution in [0.4, 0.5) is 5.69 Å². The zero-order chi connectivity index (χ0) is 22.4. The Balaban J connectivity index is 1.67. The van der Waals surface area contributed by atoms with Crippen LogP contribution in [0.5, 0.6) is 0 Å². The molecule has 0 atom stereocenters. The van der Waals surface area contributed by atoms with Gasteiger partial charge >= 0.3 is 0 Å². The van der Waals surface area contributed by atoms with Gasteiger partial charge in [0.1, 0.15) is 23.2 Å². The first-order chi connectivity index (χ1) is 14.8. The van der Waals surface area contributed by atoms with Crippen LogP contribution in [-0.4, -0.2) is 14.3 Å². The fourth-order valence-electron chi connectivity index (χ4n) is 2.49. The minimum absolute atomic E-state index is 0.0690. The lowest BCUT2D eigenvalue weighted by Gasteiger charge is -2.05. The fourth-order valence-corrected chi connectivity index (χ4v) is 4.00. The van der Waals surface area contributed by atoms with Crippen molar-refractivity contribution in [3.05, 3.63) is 87.3 Å². The van der Waals surface area contributed by atoms with Gasteiger partial charge in [0.25, 0.3) is 5.91 Å². The Bertz CT molecular complexity index is 1280. The number of rotatable bonds is 7. The molecule has 0 fully saturated rings. The van der Waals surface area contributed by atoms with Gasteiger partial charge in [0.15, 0.2) is 0 Å². The highest BCUT2D eigenvalue weighted by atomic mass is 79.9. The molecule has 7 nitrogen and oxygen atoms in total. The normalized spacial score (nSPS) is 11.7. The summed E-state index contributed by atoms with van der Waals surface area (Å²) < 4.78 is 33.4. The number of nitriles is 1. The summed E-state index contributed by atoms with van der Waals surface area (Å²) in [5.74, 6) is -0.0444. The van der Waals surface area contributed by atoms with E-state index in [9.17, 15) is 18.5 Å². The van der Waals surface area contributed by atoms with Crippen molar-refractivity contribution in [3.63, 3.8) is 0 Å². The Morgan fingerprint density at radius 2 is 1.90 bits per heavy atom. The van der Waals surface area contributed by atoms with E-state index in [1.807, 2.05) is 12.1 Å². The number of nitrogens with zero attached hydrogens (tertiary/aromatic N) is 1. The molecule has 0 aliphatic heterocycles. The minimum atomic E-state index is -3.75. The Morgan fingerprint density at radius 1 is 1.16 bits per heavy atom. The second-order valence-electron chi connectivity index (χ2n) is 6.22. The zero-order valence-corrected chi connectivity index (χ0v) is 19.0. The van der Waals surface area contributed by atoms with Crippen molar-refractivity contribution in [2.24, 2.45) is 0 Å². The summed E-state index contributed by atoms with van der Waals surface area (Å²) in [6, 6.07) is 17.6. The molecule has 1 heterocycles. The Labute approximate surface area is 192 Å². The number of hydrogen-bond acceptors (Lipinski definition) is 5. The van der Waals surface area contributed by atoms with Crippen LogP contribution in [-0.2, 0) is 21.4 Å². The van der Waals surface area contributed by atoms with Crippen molar-refractivity contribution < 1.29 is 17.6 Å². The summed E-state index contributed by atoms with van der Waals surface area (Å²) >= 11 is 9.08. The second-order valence-corrected chi connectivity index (χ2v) is 9.34. The summed E-state index contributed by atoms with van der Waals surface area (Å²) in [5.41, 5.74) is 0.361. The Kier molecular flexibility index (Phi) is 7.30. The maximum absolute atomic E-state index is 12.3. The number of furan rings is 1. The largest absolute Gasteiger partial charge is 0.460 e. The van der Waals surface area contributed by atoms with E-state index in [0.717, 1.165) is 4.47 Å². The highest BCUT2D eigenvalue weighted by molar-refractivity contribution is 9.10. The molecule has 0 aliphatic carbocycles. The first kappa shape index (κ1) is 22.8. The van der Waals surface area contributed by atoms with E-state index < -0.39 is 15.9 Å². The highest BCUT2D eigenvalue weighted by Crippen LogP contribution is 2.18. The summed E-state index contributed by atoms with van der Waals surface area (Å²) in [6.07, 6.45) is 1.28. The molecular formula is C21H15BrClN3O4S. The van der Waals surface area contributed by atoms with E-state index in [-0.39, 0.29) is 22.8 Å². The van der Waals surface area contributed by atoms with Gasteiger partial charge in [-0.2, -0.15) is 5.26 Å². The number of carbonyl (C=O) groups excluding carboxylic acids is 1. The number of hydrogen-bond donors (Lipinski definition) is 2. The maximum Gasteiger partial charge on any atom is 0.266 e. The molecule has 0 saturated carbocycles. The van der Waals surface area contributed by atoms with E-state index in [1.54, 1.807) is 24.3 Å². The predicted molar refractivity (Wildman–Crippen MR) is 121 cm³/mol. The molecule has 0 bridgehead atoms. The first-order valence-corrected chi connectivity index (χ1v) is 11.4. The van der Waals surface area contributed by atoms with Crippen molar-refractivity contribution in [3.8, 4) is 6.07 Å². The quantitative estimate of drug-likeness (QED) is 0.346. The number of anilines is 1. The molecule has 0 aliphatic rings. The van der Waals surface area contributed by atoms with E-state index in [4.69, 9.17) is 16.0 Å². The summed E-state index contributed by atoms with van der Waals surface area (Å²) in [7, 11) is -3.75. The molecule has 2 aromatic carbocycles. The average molecular weight is 521 g/mol. The number of halogens is 2. The molecule has 3 rings (SSSR count). The van der Waals surface area contributed by atoms with Crippen LogP contribution in [0.2, 0.25) is 5.02 Å². The molecule has 31 heavy (non-hydrogen) atoms. The van der Waals surface area contributed by atoms with Crippen LogP contribution in [0.1, 0.15) is 11.5 Å². The second kappa shape index (κ2) is 9.94. The van der Waals surface area contributed by atoms with Crippen molar-refractivity contribution in [1.29, 1.82) is 5.26 Å². The van der Waals surface area contributed by atoms with Crippen molar-refractivity contribution in [1.82, 2.24) is 4.72 Å². The molecule has 3 aromatic rings. The van der Waals surface area contributed by atoms with Gasteiger partial charge in [-0.1, -0.05) is 33.6 Å². The van der Waals surface area contributed by atoms with E-state index in [1.165, 1.54) is 36.4 Å². The molecule has 1 aromatic heterocycles. The molecule has 0 spiro atoms. The number of carbonyl (C=O) groups is 1. The topological polar surface area (TPSA) is 112 Å². The maximum atomic E-state index is 12.3. The third-order valence-electron chi connectivity index (χ3n) is 3.98. The number of benzene rings is 2. The van der Waals surface area contributed by atoms with Gasteiger partial charge in [-0.05, 0) is 54.6 Å². The van der Waals surface area contributed by atoms with E-state index in [0.29, 0.717) is 16.5 Å². The van der Waals surface area contributed by atoms with Gasteiger partial charge in [-0.3, -0.25) is 4.79 Å². The average Bonchev–Trinajstić information content (AvgIpc) is 3.18. The van der Waals surface area contributed by atoms with Gasteiger partial charge in [0.2, 0.25) is 10.0 Å². The van der Waals surface area contributed by atoms with Gasteiger partial charge < -0.3 is 9.73 Å². The standard InChI is InChI=1S/C21H15BrClN3O4S/c22-15-2-1-3-17(11-15)26-21(27)14(12-24)10-18-6-7-19(30-18)13-25-31(28,29)20-8-4-16(23)5-9-20/h1-11,25H,13H2,(H,26,27)/b14-10-. The minimum Gasteiger partial charge on any atom is -0.460 e. The van der Waals surface area contributed by atoms with Crippen LogP contribution in [0, 0.1) is 11.3 Å². The van der Waals surface area contributed by atoms with E-state index >= 15 is 0 Å².